The molecule has 1 atom stereocenters. The first-order chi connectivity index (χ1) is 10.6. The van der Waals surface area contributed by atoms with Crippen molar-refractivity contribution in [3.8, 4) is 0 Å². The van der Waals surface area contributed by atoms with Crippen molar-refractivity contribution in [2.24, 2.45) is 0 Å². The lowest BCUT2D eigenvalue weighted by Crippen LogP contribution is -2.31. The van der Waals surface area contributed by atoms with E-state index in [9.17, 15) is 4.79 Å². The van der Waals surface area contributed by atoms with Crippen molar-refractivity contribution in [2.75, 3.05) is 20.6 Å². The summed E-state index contributed by atoms with van der Waals surface area (Å²) in [6, 6.07) is -0.0489. The molecule has 0 spiro atoms. The summed E-state index contributed by atoms with van der Waals surface area (Å²) in [5, 5.41) is 0. The molecule has 0 radical (unpaired) electrons. The molecule has 2 aromatic heterocycles. The van der Waals surface area contributed by atoms with Crippen LogP contribution in [-0.2, 0) is 6.54 Å². The fourth-order valence-corrected chi connectivity index (χ4v) is 2.76. The van der Waals surface area contributed by atoms with E-state index in [0.29, 0.717) is 6.54 Å². The van der Waals surface area contributed by atoms with Crippen molar-refractivity contribution in [1.29, 1.82) is 0 Å². The second-order valence-electron chi connectivity index (χ2n) is 5.70. The molecule has 0 N–H and O–H groups in total. The molecule has 1 unspecified atom stereocenters. The van der Waals surface area contributed by atoms with Gasteiger partial charge in [-0.1, -0.05) is 0 Å². The normalized spacial score (nSPS) is 18.1. The van der Waals surface area contributed by atoms with Crippen molar-refractivity contribution in [2.45, 2.75) is 25.4 Å². The van der Waals surface area contributed by atoms with Gasteiger partial charge in [-0.2, -0.15) is 0 Å². The van der Waals surface area contributed by atoms with Gasteiger partial charge < -0.3 is 14.2 Å². The zero-order valence-corrected chi connectivity index (χ0v) is 12.8. The van der Waals surface area contributed by atoms with E-state index in [2.05, 4.69) is 15.0 Å². The molecule has 1 saturated heterocycles. The van der Waals surface area contributed by atoms with Gasteiger partial charge in [0.2, 0.25) is 5.76 Å². The number of likely N-dealkylation sites (tertiary alicyclic amines) is 1. The Morgan fingerprint density at radius 2 is 2.23 bits per heavy atom. The number of amides is 1. The molecular weight excluding hydrogens is 282 g/mol. The molecule has 0 aromatic carbocycles. The molecule has 7 nitrogen and oxygen atoms in total. The number of carbonyl (C=O) groups excluding carboxylic acids is 1. The number of carbonyl (C=O) groups is 1. The summed E-state index contributed by atoms with van der Waals surface area (Å²) < 4.78 is 5.12. The van der Waals surface area contributed by atoms with Crippen LogP contribution in [-0.4, -0.2) is 51.3 Å². The fourth-order valence-electron chi connectivity index (χ4n) is 2.76. The van der Waals surface area contributed by atoms with Crippen LogP contribution >= 0.6 is 0 Å². The Morgan fingerprint density at radius 1 is 1.36 bits per heavy atom. The maximum atomic E-state index is 12.5. The largest absolute Gasteiger partial charge is 0.438 e. The first kappa shape index (κ1) is 14.6. The lowest BCUT2D eigenvalue weighted by atomic mass is 10.1. The fraction of sp³-hybridized carbons (Fsp3) is 0.467. The number of nitrogens with zero attached hydrogens (tertiary/aromatic N) is 5. The van der Waals surface area contributed by atoms with Gasteiger partial charge in [-0.3, -0.25) is 14.8 Å². The van der Waals surface area contributed by atoms with Crippen LogP contribution in [0.5, 0.6) is 0 Å². The SMILES string of the molecule is CN(C)Cc1cncc(C2CCCN2C(=O)c2cnco2)n1. The van der Waals surface area contributed by atoms with E-state index in [1.165, 1.54) is 12.6 Å². The van der Waals surface area contributed by atoms with E-state index in [1.54, 1.807) is 17.3 Å². The number of hydrogen-bond donors (Lipinski definition) is 0. The van der Waals surface area contributed by atoms with E-state index < -0.39 is 0 Å². The van der Waals surface area contributed by atoms with Gasteiger partial charge in [0, 0.05) is 19.3 Å². The molecule has 3 heterocycles. The number of oxazole rings is 1. The minimum Gasteiger partial charge on any atom is -0.438 e. The third-order valence-electron chi connectivity index (χ3n) is 3.68. The van der Waals surface area contributed by atoms with Crippen molar-refractivity contribution in [1.82, 2.24) is 24.8 Å². The second kappa shape index (κ2) is 6.23. The summed E-state index contributed by atoms with van der Waals surface area (Å²) >= 11 is 0. The van der Waals surface area contributed by atoms with Crippen molar-refractivity contribution in [3.63, 3.8) is 0 Å². The predicted octanol–water partition coefficient (Wildman–Crippen LogP) is 1.50. The average Bonchev–Trinajstić information content (AvgIpc) is 3.18. The molecule has 2 aromatic rings. The van der Waals surface area contributed by atoms with E-state index in [1.807, 2.05) is 19.0 Å². The van der Waals surface area contributed by atoms with Crippen molar-refractivity contribution < 1.29 is 9.21 Å². The lowest BCUT2D eigenvalue weighted by Gasteiger charge is -2.23. The Bertz CT molecular complexity index is 641. The van der Waals surface area contributed by atoms with Gasteiger partial charge in [-0.15, -0.1) is 0 Å². The molecule has 116 valence electrons. The van der Waals surface area contributed by atoms with Crippen LogP contribution in [0, 0.1) is 0 Å². The molecule has 0 aliphatic carbocycles. The Kier molecular flexibility index (Phi) is 4.15. The highest BCUT2D eigenvalue weighted by atomic mass is 16.3. The summed E-state index contributed by atoms with van der Waals surface area (Å²) in [5.41, 5.74) is 1.74. The highest BCUT2D eigenvalue weighted by Gasteiger charge is 2.33. The third-order valence-corrected chi connectivity index (χ3v) is 3.68. The molecule has 1 aliphatic heterocycles. The van der Waals surface area contributed by atoms with E-state index in [4.69, 9.17) is 4.42 Å². The monoisotopic (exact) mass is 301 g/mol. The third kappa shape index (κ3) is 2.99. The van der Waals surface area contributed by atoms with Crippen LogP contribution < -0.4 is 0 Å². The highest BCUT2D eigenvalue weighted by Crippen LogP contribution is 2.31. The number of aromatic nitrogens is 3. The Morgan fingerprint density at radius 3 is 2.95 bits per heavy atom. The van der Waals surface area contributed by atoms with Crippen LogP contribution in [0.3, 0.4) is 0 Å². The van der Waals surface area contributed by atoms with Crippen LogP contribution in [0.2, 0.25) is 0 Å². The summed E-state index contributed by atoms with van der Waals surface area (Å²) in [5.74, 6) is 0.129. The first-order valence-corrected chi connectivity index (χ1v) is 7.30. The summed E-state index contributed by atoms with van der Waals surface area (Å²) in [7, 11) is 3.98. The number of hydrogen-bond acceptors (Lipinski definition) is 6. The molecule has 1 aliphatic rings. The molecule has 1 fully saturated rings. The van der Waals surface area contributed by atoms with Crippen molar-refractivity contribution >= 4 is 5.91 Å². The Labute approximate surface area is 129 Å². The summed E-state index contributed by atoms with van der Waals surface area (Å²) in [4.78, 5) is 29.1. The van der Waals surface area contributed by atoms with E-state index in [0.717, 1.165) is 30.8 Å². The Hall–Kier alpha value is -2.28. The molecule has 0 bridgehead atoms. The molecule has 0 saturated carbocycles. The quantitative estimate of drug-likeness (QED) is 0.852. The topological polar surface area (TPSA) is 75.4 Å². The van der Waals surface area contributed by atoms with E-state index >= 15 is 0 Å². The van der Waals surface area contributed by atoms with Gasteiger partial charge in [0.15, 0.2) is 6.39 Å². The summed E-state index contributed by atoms with van der Waals surface area (Å²) in [6.45, 7) is 1.42. The predicted molar refractivity (Wildman–Crippen MR) is 78.9 cm³/mol. The van der Waals surface area contributed by atoms with Gasteiger partial charge in [-0.25, -0.2) is 4.98 Å². The smallest absolute Gasteiger partial charge is 0.291 e. The highest BCUT2D eigenvalue weighted by molar-refractivity contribution is 5.91. The Balaban J connectivity index is 1.82. The maximum absolute atomic E-state index is 12.5. The first-order valence-electron chi connectivity index (χ1n) is 7.30. The molecule has 7 heteroatoms. The summed E-state index contributed by atoms with van der Waals surface area (Å²) in [6.07, 6.45) is 8.07. The standard InChI is InChI=1S/C15H19N5O2/c1-19(2)9-11-6-16-7-12(18-11)13-4-3-5-20(13)15(21)14-8-17-10-22-14/h6-8,10,13H,3-5,9H2,1-2H3. The van der Waals surface area contributed by atoms with E-state index in [-0.39, 0.29) is 17.7 Å². The minimum atomic E-state index is -0.139. The number of rotatable bonds is 4. The zero-order chi connectivity index (χ0) is 15.5. The maximum Gasteiger partial charge on any atom is 0.291 e. The van der Waals surface area contributed by atoms with Crippen LogP contribution in [0.1, 0.15) is 40.8 Å². The average molecular weight is 301 g/mol. The molecule has 22 heavy (non-hydrogen) atoms. The van der Waals surface area contributed by atoms with Gasteiger partial charge in [0.25, 0.3) is 5.91 Å². The van der Waals surface area contributed by atoms with Crippen molar-refractivity contribution in [3.05, 3.63) is 42.1 Å². The van der Waals surface area contributed by atoms with Crippen LogP contribution in [0.25, 0.3) is 0 Å². The zero-order valence-electron chi connectivity index (χ0n) is 12.8. The van der Waals surface area contributed by atoms with Gasteiger partial charge in [0.05, 0.1) is 29.8 Å². The lowest BCUT2D eigenvalue weighted by molar-refractivity contribution is 0.0700. The van der Waals surface area contributed by atoms with Gasteiger partial charge in [-0.05, 0) is 26.9 Å². The second-order valence-corrected chi connectivity index (χ2v) is 5.70. The molecule has 1 amide bonds. The van der Waals surface area contributed by atoms with Gasteiger partial charge in [0.1, 0.15) is 0 Å². The van der Waals surface area contributed by atoms with Crippen LogP contribution in [0.15, 0.2) is 29.4 Å². The van der Waals surface area contributed by atoms with Gasteiger partial charge >= 0.3 is 0 Å². The molecular formula is C15H19N5O2. The van der Waals surface area contributed by atoms with Crippen LogP contribution in [0.4, 0.5) is 0 Å². The minimum absolute atomic E-state index is 0.0489. The molecule has 3 rings (SSSR count).